The third-order valence-corrected chi connectivity index (χ3v) is 1.53. The van der Waals surface area contributed by atoms with E-state index in [9.17, 15) is 9.59 Å². The van der Waals surface area contributed by atoms with E-state index in [4.69, 9.17) is 5.11 Å². The predicted molar refractivity (Wildman–Crippen MR) is 41.3 cm³/mol. The highest BCUT2D eigenvalue weighted by atomic mass is 16.4. The summed E-state index contributed by atoms with van der Waals surface area (Å²) in [6, 6.07) is 0. The molecule has 0 aromatic carbocycles. The Morgan fingerprint density at radius 2 is 2.18 bits per heavy atom. The number of aldehydes is 1. The van der Waals surface area contributed by atoms with Crippen molar-refractivity contribution >= 4 is 12.3 Å². The summed E-state index contributed by atoms with van der Waals surface area (Å²) >= 11 is 0. The van der Waals surface area contributed by atoms with Crippen LogP contribution in [0.25, 0.3) is 0 Å². The largest absolute Gasteiger partial charge is 0.481 e. The number of carbonyl (C=O) groups is 2. The summed E-state index contributed by atoms with van der Waals surface area (Å²) in [5, 5.41) is 8.27. The molecule has 0 rings (SSSR count). The van der Waals surface area contributed by atoms with Gasteiger partial charge in [-0.15, -0.1) is 0 Å². The summed E-state index contributed by atoms with van der Waals surface area (Å²) < 4.78 is 0. The maximum atomic E-state index is 10.1. The summed E-state index contributed by atoms with van der Waals surface area (Å²) in [5.74, 6) is -0.687. The van der Waals surface area contributed by atoms with E-state index >= 15 is 0 Å². The van der Waals surface area contributed by atoms with Crippen LogP contribution in [0.5, 0.6) is 0 Å². The molecule has 0 bridgehead atoms. The number of aliphatic carboxylic acids is 1. The maximum absolute atomic E-state index is 10.1. The quantitative estimate of drug-likeness (QED) is 0.470. The van der Waals surface area contributed by atoms with Gasteiger partial charge in [-0.2, -0.15) is 0 Å². The van der Waals surface area contributed by atoms with Gasteiger partial charge in [0.2, 0.25) is 0 Å². The van der Waals surface area contributed by atoms with E-state index in [1.807, 2.05) is 6.92 Å². The van der Waals surface area contributed by atoms with E-state index in [1.165, 1.54) is 0 Å². The molecule has 0 unspecified atom stereocenters. The van der Waals surface area contributed by atoms with Crippen molar-refractivity contribution in [3.8, 4) is 0 Å². The minimum atomic E-state index is -0.760. The highest BCUT2D eigenvalue weighted by molar-refractivity contribution is 5.66. The first-order chi connectivity index (χ1) is 5.16. The van der Waals surface area contributed by atoms with Crippen molar-refractivity contribution in [3.05, 3.63) is 0 Å². The van der Waals surface area contributed by atoms with Gasteiger partial charge in [-0.3, -0.25) is 4.79 Å². The lowest BCUT2D eigenvalue weighted by Crippen LogP contribution is -1.97. The molecule has 0 fully saturated rings. The first-order valence-corrected chi connectivity index (χ1v) is 3.84. The fraction of sp³-hybridized carbons (Fsp3) is 0.750. The predicted octanol–water partition coefficient (Wildman–Crippen LogP) is 1.47. The van der Waals surface area contributed by atoms with Crippen molar-refractivity contribution in [2.45, 2.75) is 32.6 Å². The average molecular weight is 158 g/mol. The Bertz CT molecular complexity index is 131. The molecular formula is C8H14O3. The monoisotopic (exact) mass is 158 g/mol. The molecule has 0 aliphatic rings. The molecule has 0 saturated carbocycles. The van der Waals surface area contributed by atoms with Crippen LogP contribution < -0.4 is 0 Å². The highest BCUT2D eigenvalue weighted by Crippen LogP contribution is 2.06. The molecular weight excluding hydrogens is 144 g/mol. The lowest BCUT2D eigenvalue weighted by atomic mass is 10.1. The number of carboxylic acid groups (broad SMARTS) is 1. The average Bonchev–Trinajstić information content (AvgIpc) is 1.97. The summed E-state index contributed by atoms with van der Waals surface area (Å²) in [6.07, 6.45) is 3.42. The number of carboxylic acids is 1. The lowest BCUT2D eigenvalue weighted by molar-refractivity contribution is -0.137. The minimum absolute atomic E-state index is 0.0730. The molecule has 1 atom stereocenters. The smallest absolute Gasteiger partial charge is 0.303 e. The summed E-state index contributed by atoms with van der Waals surface area (Å²) in [6.45, 7) is 1.84. The second-order valence-electron chi connectivity index (χ2n) is 2.75. The Balaban J connectivity index is 3.14. The van der Waals surface area contributed by atoms with Gasteiger partial charge >= 0.3 is 5.97 Å². The second-order valence-corrected chi connectivity index (χ2v) is 2.75. The van der Waals surface area contributed by atoms with Crippen molar-refractivity contribution in [2.24, 2.45) is 5.92 Å². The van der Waals surface area contributed by atoms with E-state index in [1.54, 1.807) is 0 Å². The first-order valence-electron chi connectivity index (χ1n) is 3.84. The van der Waals surface area contributed by atoms with Crippen molar-refractivity contribution in [2.75, 3.05) is 0 Å². The lowest BCUT2D eigenvalue weighted by Gasteiger charge is -2.00. The van der Waals surface area contributed by atoms with Crippen LogP contribution >= 0.6 is 0 Å². The van der Waals surface area contributed by atoms with Crippen LogP contribution in [0.15, 0.2) is 0 Å². The van der Waals surface area contributed by atoms with E-state index in [2.05, 4.69) is 0 Å². The van der Waals surface area contributed by atoms with E-state index in [0.717, 1.165) is 19.1 Å². The summed E-state index contributed by atoms with van der Waals surface area (Å²) in [7, 11) is 0. The zero-order chi connectivity index (χ0) is 8.69. The van der Waals surface area contributed by atoms with Crippen LogP contribution in [0.4, 0.5) is 0 Å². The zero-order valence-electron chi connectivity index (χ0n) is 6.75. The number of rotatable bonds is 6. The van der Waals surface area contributed by atoms with Gasteiger partial charge in [0.05, 0.1) is 0 Å². The van der Waals surface area contributed by atoms with Crippen molar-refractivity contribution in [1.29, 1.82) is 0 Å². The molecule has 0 aliphatic carbocycles. The zero-order valence-corrected chi connectivity index (χ0v) is 6.75. The highest BCUT2D eigenvalue weighted by Gasteiger charge is 2.00. The molecule has 0 amide bonds. The van der Waals surface area contributed by atoms with Crippen LogP contribution in [-0.2, 0) is 9.59 Å². The standard InChI is InChI=1S/C8H14O3/c1-7(6-9)4-2-3-5-8(10)11/h6-7H,2-5H2,1H3,(H,10,11)/t7-/m0/s1. The van der Waals surface area contributed by atoms with Gasteiger partial charge in [-0.1, -0.05) is 13.3 Å². The van der Waals surface area contributed by atoms with Crippen LogP contribution in [-0.4, -0.2) is 17.4 Å². The van der Waals surface area contributed by atoms with Gasteiger partial charge in [0.1, 0.15) is 6.29 Å². The van der Waals surface area contributed by atoms with Gasteiger partial charge in [-0.25, -0.2) is 0 Å². The van der Waals surface area contributed by atoms with Crippen LogP contribution in [0.1, 0.15) is 32.6 Å². The molecule has 0 heterocycles. The Morgan fingerprint density at radius 3 is 2.64 bits per heavy atom. The van der Waals surface area contributed by atoms with Crippen molar-refractivity contribution in [3.63, 3.8) is 0 Å². The Labute approximate surface area is 66.4 Å². The Kier molecular flexibility index (Phi) is 5.43. The van der Waals surface area contributed by atoms with Gasteiger partial charge in [0, 0.05) is 12.3 Å². The molecule has 0 radical (unpaired) electrons. The van der Waals surface area contributed by atoms with Crippen molar-refractivity contribution < 1.29 is 14.7 Å². The molecule has 3 nitrogen and oxygen atoms in total. The molecule has 0 aromatic heterocycles. The summed E-state index contributed by atoms with van der Waals surface area (Å²) in [5.41, 5.74) is 0. The van der Waals surface area contributed by atoms with Crippen LogP contribution in [0, 0.1) is 5.92 Å². The molecule has 1 N–H and O–H groups in total. The fourth-order valence-electron chi connectivity index (χ4n) is 0.811. The molecule has 11 heavy (non-hydrogen) atoms. The molecule has 0 saturated heterocycles. The second kappa shape index (κ2) is 5.89. The Morgan fingerprint density at radius 1 is 1.55 bits per heavy atom. The van der Waals surface area contributed by atoms with Crippen molar-refractivity contribution in [1.82, 2.24) is 0 Å². The van der Waals surface area contributed by atoms with Gasteiger partial charge in [0.25, 0.3) is 0 Å². The number of hydrogen-bond donors (Lipinski definition) is 1. The minimum Gasteiger partial charge on any atom is -0.481 e. The van der Waals surface area contributed by atoms with Gasteiger partial charge in [-0.05, 0) is 12.8 Å². The third kappa shape index (κ3) is 7.03. The van der Waals surface area contributed by atoms with E-state index in [-0.39, 0.29) is 12.3 Å². The summed E-state index contributed by atoms with van der Waals surface area (Å²) in [4.78, 5) is 20.2. The molecule has 0 aliphatic heterocycles. The normalized spacial score (nSPS) is 12.5. The molecule has 3 heteroatoms. The topological polar surface area (TPSA) is 54.4 Å². The maximum Gasteiger partial charge on any atom is 0.303 e. The van der Waals surface area contributed by atoms with Gasteiger partial charge < -0.3 is 9.90 Å². The van der Waals surface area contributed by atoms with Gasteiger partial charge in [0.15, 0.2) is 0 Å². The van der Waals surface area contributed by atoms with Crippen LogP contribution in [0.2, 0.25) is 0 Å². The molecule has 64 valence electrons. The van der Waals surface area contributed by atoms with Crippen LogP contribution in [0.3, 0.4) is 0 Å². The number of carbonyl (C=O) groups excluding carboxylic acids is 1. The molecule has 0 spiro atoms. The number of unbranched alkanes of at least 4 members (excludes halogenated alkanes) is 1. The SMILES string of the molecule is C[C@H](C=O)CCCCC(=O)O. The fourth-order valence-corrected chi connectivity index (χ4v) is 0.811. The third-order valence-electron chi connectivity index (χ3n) is 1.53. The van der Waals surface area contributed by atoms with E-state index < -0.39 is 5.97 Å². The Hall–Kier alpha value is -0.860. The number of hydrogen-bond acceptors (Lipinski definition) is 2. The first kappa shape index (κ1) is 10.1. The van der Waals surface area contributed by atoms with E-state index in [0.29, 0.717) is 6.42 Å². The molecule has 0 aromatic rings.